The van der Waals surface area contributed by atoms with Crippen molar-refractivity contribution < 1.29 is 9.21 Å². The van der Waals surface area contributed by atoms with Gasteiger partial charge in [-0.25, -0.2) is 0 Å². The first kappa shape index (κ1) is 13.8. The molecule has 1 aromatic heterocycles. The van der Waals surface area contributed by atoms with Crippen LogP contribution in [-0.2, 0) is 0 Å². The van der Waals surface area contributed by atoms with E-state index in [4.69, 9.17) is 4.42 Å². The van der Waals surface area contributed by atoms with Crippen LogP contribution in [0.1, 0.15) is 10.4 Å². The molecule has 21 heavy (non-hydrogen) atoms. The van der Waals surface area contributed by atoms with Crippen LogP contribution >= 0.6 is 15.9 Å². The van der Waals surface area contributed by atoms with E-state index in [1.807, 2.05) is 30.3 Å². The fourth-order valence-electron chi connectivity index (χ4n) is 2.21. The number of rotatable bonds is 3. The molecule has 0 saturated carbocycles. The molecule has 2 aromatic carbocycles. The number of para-hydroxylation sites is 1. The Hall–Kier alpha value is -2.20. The zero-order valence-corrected chi connectivity index (χ0v) is 12.6. The van der Waals surface area contributed by atoms with Gasteiger partial charge in [0.1, 0.15) is 11.3 Å². The number of carbonyl (C=O) groups is 1. The number of hydrogen-bond acceptors (Lipinski definition) is 3. The number of halogens is 1. The smallest absolute Gasteiger partial charge is 0.193 e. The zero-order valence-electron chi connectivity index (χ0n) is 11.0. The van der Waals surface area contributed by atoms with E-state index >= 15 is 0 Å². The molecule has 0 spiro atoms. The molecule has 0 atom stereocenters. The van der Waals surface area contributed by atoms with Crippen LogP contribution in [0.15, 0.2) is 63.8 Å². The van der Waals surface area contributed by atoms with Crippen LogP contribution in [0.5, 0.6) is 0 Å². The Bertz CT molecular complexity index is 866. The van der Waals surface area contributed by atoms with Crippen LogP contribution in [-0.4, -0.2) is 11.1 Å². The predicted octanol–water partition coefficient (Wildman–Crippen LogP) is 4.04. The van der Waals surface area contributed by atoms with E-state index in [9.17, 15) is 9.59 Å². The third kappa shape index (κ3) is 2.54. The predicted molar refractivity (Wildman–Crippen MR) is 86.0 cm³/mol. The highest BCUT2D eigenvalue weighted by Gasteiger charge is 2.14. The summed E-state index contributed by atoms with van der Waals surface area (Å²) in [5.74, 6) is 0.344. The lowest BCUT2D eigenvalue weighted by molar-refractivity contribution is 0.102. The topological polar surface area (TPSA) is 47.3 Å². The standard InChI is InChI=1S/C17H11BrO3/c18-10-15(20)13-8-4-7-12-14(19)9-16(21-17(12)13)11-5-2-1-3-6-11/h1-9H,10H2. The molecule has 0 fully saturated rings. The molecule has 0 aliphatic rings. The molecule has 3 rings (SSSR count). The van der Waals surface area contributed by atoms with E-state index in [2.05, 4.69) is 15.9 Å². The lowest BCUT2D eigenvalue weighted by atomic mass is 10.1. The largest absolute Gasteiger partial charge is 0.455 e. The summed E-state index contributed by atoms with van der Waals surface area (Å²) in [5.41, 5.74) is 1.41. The van der Waals surface area contributed by atoms with Crippen molar-refractivity contribution in [2.75, 3.05) is 5.33 Å². The van der Waals surface area contributed by atoms with Crippen LogP contribution in [0.3, 0.4) is 0 Å². The van der Waals surface area contributed by atoms with Crippen molar-refractivity contribution in [3.63, 3.8) is 0 Å². The van der Waals surface area contributed by atoms with Crippen molar-refractivity contribution in [1.29, 1.82) is 0 Å². The maximum Gasteiger partial charge on any atom is 0.193 e. The van der Waals surface area contributed by atoms with Crippen LogP contribution in [0, 0.1) is 0 Å². The lowest BCUT2D eigenvalue weighted by Gasteiger charge is -2.06. The van der Waals surface area contributed by atoms with Gasteiger partial charge in [0.05, 0.1) is 16.3 Å². The van der Waals surface area contributed by atoms with E-state index in [0.29, 0.717) is 22.3 Å². The molecular formula is C17H11BrO3. The fraction of sp³-hybridized carbons (Fsp3) is 0.0588. The number of alkyl halides is 1. The molecule has 104 valence electrons. The SMILES string of the molecule is O=C(CBr)c1cccc2c(=O)cc(-c3ccccc3)oc12. The summed E-state index contributed by atoms with van der Waals surface area (Å²) >= 11 is 3.15. The molecule has 0 saturated heterocycles. The van der Waals surface area contributed by atoms with E-state index in [1.165, 1.54) is 6.07 Å². The van der Waals surface area contributed by atoms with Crippen LogP contribution in [0.2, 0.25) is 0 Å². The Kier molecular flexibility index (Phi) is 3.71. The van der Waals surface area contributed by atoms with Gasteiger partial charge >= 0.3 is 0 Å². The minimum Gasteiger partial charge on any atom is -0.455 e. The molecule has 4 heteroatoms. The Labute approximate surface area is 129 Å². The number of hydrogen-bond donors (Lipinski definition) is 0. The Morgan fingerprint density at radius 3 is 2.52 bits per heavy atom. The average molecular weight is 343 g/mol. The highest BCUT2D eigenvalue weighted by atomic mass is 79.9. The third-order valence-electron chi connectivity index (χ3n) is 3.23. The van der Waals surface area contributed by atoms with Gasteiger partial charge in [-0.15, -0.1) is 0 Å². The minimum absolute atomic E-state index is 0.117. The summed E-state index contributed by atoms with van der Waals surface area (Å²) in [7, 11) is 0. The normalized spacial score (nSPS) is 10.7. The second-order valence-electron chi connectivity index (χ2n) is 4.58. The molecule has 1 heterocycles. The number of carbonyl (C=O) groups excluding carboxylic acids is 1. The Morgan fingerprint density at radius 2 is 1.81 bits per heavy atom. The molecule has 3 aromatic rings. The van der Waals surface area contributed by atoms with Gasteiger partial charge in [0.25, 0.3) is 0 Å². The van der Waals surface area contributed by atoms with Crippen molar-refractivity contribution in [3.05, 3.63) is 70.4 Å². The minimum atomic E-state index is -0.153. The molecule has 0 N–H and O–H groups in total. The summed E-state index contributed by atoms with van der Waals surface area (Å²) in [5, 5.41) is 0.604. The first-order valence-electron chi connectivity index (χ1n) is 6.42. The van der Waals surface area contributed by atoms with Gasteiger partial charge in [-0.05, 0) is 12.1 Å². The number of ketones is 1. The number of benzene rings is 2. The summed E-state index contributed by atoms with van der Waals surface area (Å²) < 4.78 is 5.84. The van der Waals surface area contributed by atoms with E-state index < -0.39 is 0 Å². The quantitative estimate of drug-likeness (QED) is 0.533. The van der Waals surface area contributed by atoms with E-state index in [0.717, 1.165) is 5.56 Å². The molecular weight excluding hydrogens is 332 g/mol. The maximum atomic E-state index is 12.3. The fourth-order valence-corrected chi connectivity index (χ4v) is 2.52. The van der Waals surface area contributed by atoms with Crippen molar-refractivity contribution >= 4 is 32.7 Å². The zero-order chi connectivity index (χ0) is 14.8. The Balaban J connectivity index is 2.32. The molecule has 0 radical (unpaired) electrons. The van der Waals surface area contributed by atoms with Gasteiger partial charge in [0, 0.05) is 11.6 Å². The summed E-state index contributed by atoms with van der Waals surface area (Å²) in [6.07, 6.45) is 0. The van der Waals surface area contributed by atoms with Crippen molar-refractivity contribution in [2.24, 2.45) is 0 Å². The van der Waals surface area contributed by atoms with Crippen LogP contribution in [0.25, 0.3) is 22.3 Å². The second-order valence-corrected chi connectivity index (χ2v) is 5.14. The van der Waals surface area contributed by atoms with E-state index in [1.54, 1.807) is 18.2 Å². The molecule has 0 aliphatic carbocycles. The lowest BCUT2D eigenvalue weighted by Crippen LogP contribution is -2.06. The van der Waals surface area contributed by atoms with Gasteiger partial charge in [-0.3, -0.25) is 9.59 Å². The second kappa shape index (κ2) is 5.66. The van der Waals surface area contributed by atoms with Gasteiger partial charge < -0.3 is 4.42 Å². The molecule has 0 bridgehead atoms. The van der Waals surface area contributed by atoms with Crippen molar-refractivity contribution in [3.8, 4) is 11.3 Å². The van der Waals surface area contributed by atoms with Gasteiger partial charge in [-0.2, -0.15) is 0 Å². The molecule has 3 nitrogen and oxygen atoms in total. The molecule has 0 amide bonds. The monoisotopic (exact) mass is 342 g/mol. The summed E-state index contributed by atoms with van der Waals surface area (Å²) in [6, 6.07) is 15.8. The molecule has 0 unspecified atom stereocenters. The maximum absolute atomic E-state index is 12.3. The number of Topliss-reactive ketones (excluding diaryl/α,β-unsaturated/α-hetero) is 1. The van der Waals surface area contributed by atoms with Crippen molar-refractivity contribution in [2.45, 2.75) is 0 Å². The van der Waals surface area contributed by atoms with Crippen LogP contribution in [0.4, 0.5) is 0 Å². The average Bonchev–Trinajstić information content (AvgIpc) is 2.54. The highest BCUT2D eigenvalue weighted by molar-refractivity contribution is 9.09. The van der Waals surface area contributed by atoms with Crippen molar-refractivity contribution in [1.82, 2.24) is 0 Å². The van der Waals surface area contributed by atoms with Crippen LogP contribution < -0.4 is 5.43 Å². The van der Waals surface area contributed by atoms with Gasteiger partial charge in [-0.1, -0.05) is 52.3 Å². The van der Waals surface area contributed by atoms with Gasteiger partial charge in [0.15, 0.2) is 11.2 Å². The number of fused-ring (bicyclic) bond motifs is 1. The highest BCUT2D eigenvalue weighted by Crippen LogP contribution is 2.24. The van der Waals surface area contributed by atoms with E-state index in [-0.39, 0.29) is 16.5 Å². The summed E-state index contributed by atoms with van der Waals surface area (Å²) in [4.78, 5) is 24.2. The summed E-state index contributed by atoms with van der Waals surface area (Å²) in [6.45, 7) is 0. The first-order chi connectivity index (χ1) is 10.2. The Morgan fingerprint density at radius 1 is 1.05 bits per heavy atom. The first-order valence-corrected chi connectivity index (χ1v) is 7.54. The van der Waals surface area contributed by atoms with Gasteiger partial charge in [0.2, 0.25) is 0 Å². The third-order valence-corrected chi connectivity index (χ3v) is 3.74. The molecule has 0 aliphatic heterocycles.